The molecule has 0 unspecified atom stereocenters. The minimum absolute atomic E-state index is 0.0678. The van der Waals surface area contributed by atoms with Crippen LogP contribution >= 0.6 is 0 Å². The van der Waals surface area contributed by atoms with Gasteiger partial charge in [-0.3, -0.25) is 19.2 Å². The fourth-order valence-corrected chi connectivity index (χ4v) is 3.62. The molecule has 0 radical (unpaired) electrons. The summed E-state index contributed by atoms with van der Waals surface area (Å²) in [6, 6.07) is 6.54. The Labute approximate surface area is 201 Å². The molecule has 11 heteroatoms. The minimum atomic E-state index is -2.73. The van der Waals surface area contributed by atoms with Gasteiger partial charge in [0.2, 0.25) is 5.91 Å². The number of aryl methyl sites for hydroxylation is 1. The molecular formula is C23H28N8O3. The SMILES string of the molecule is [2H]C([2H])([2H])NC(=O)c1nnc(N(C(=O)C2CC2)C(C)C)cc1Nc1cccc(-c2ncn(C)n2)c1OC. The highest BCUT2D eigenvalue weighted by atomic mass is 16.5. The van der Waals surface area contributed by atoms with E-state index in [4.69, 9.17) is 8.85 Å². The monoisotopic (exact) mass is 467 g/mol. The molecule has 0 saturated heterocycles. The maximum absolute atomic E-state index is 13.0. The Morgan fingerprint density at radius 3 is 2.68 bits per heavy atom. The van der Waals surface area contributed by atoms with Crippen molar-refractivity contribution < 1.29 is 18.4 Å². The first-order valence-corrected chi connectivity index (χ1v) is 10.8. The maximum Gasteiger partial charge on any atom is 0.273 e. The Morgan fingerprint density at radius 1 is 1.26 bits per heavy atom. The summed E-state index contributed by atoms with van der Waals surface area (Å²) in [5.41, 5.74) is 0.923. The zero-order valence-electron chi connectivity index (χ0n) is 22.4. The number of para-hydroxylation sites is 1. The van der Waals surface area contributed by atoms with Crippen molar-refractivity contribution in [3.05, 3.63) is 36.3 Å². The lowest BCUT2D eigenvalue weighted by Gasteiger charge is -2.26. The van der Waals surface area contributed by atoms with E-state index in [0.717, 1.165) is 12.8 Å². The summed E-state index contributed by atoms with van der Waals surface area (Å²) in [7, 11) is 3.23. The zero-order chi connectivity index (χ0) is 26.9. The third-order valence-electron chi connectivity index (χ3n) is 5.37. The first kappa shape index (κ1) is 19.4. The van der Waals surface area contributed by atoms with Crippen LogP contribution in [0.3, 0.4) is 0 Å². The number of aromatic nitrogens is 5. The van der Waals surface area contributed by atoms with Gasteiger partial charge >= 0.3 is 0 Å². The van der Waals surface area contributed by atoms with Crippen molar-refractivity contribution in [2.45, 2.75) is 32.7 Å². The van der Waals surface area contributed by atoms with E-state index < -0.39 is 12.9 Å². The molecule has 0 atom stereocenters. The summed E-state index contributed by atoms with van der Waals surface area (Å²) >= 11 is 0. The molecule has 3 aromatic rings. The number of anilines is 3. The third-order valence-corrected chi connectivity index (χ3v) is 5.37. The molecular weight excluding hydrogens is 436 g/mol. The van der Waals surface area contributed by atoms with Gasteiger partial charge in [-0.15, -0.1) is 10.2 Å². The normalized spacial score (nSPS) is 14.7. The van der Waals surface area contributed by atoms with Gasteiger partial charge in [0, 0.05) is 36.2 Å². The first-order valence-electron chi connectivity index (χ1n) is 12.3. The molecule has 2 N–H and O–H groups in total. The van der Waals surface area contributed by atoms with Crippen LogP contribution in [0.25, 0.3) is 11.4 Å². The Balaban J connectivity index is 1.80. The number of methoxy groups -OCH3 is 1. The van der Waals surface area contributed by atoms with Gasteiger partial charge in [0.05, 0.1) is 24.0 Å². The lowest BCUT2D eigenvalue weighted by Crippen LogP contribution is -2.39. The smallest absolute Gasteiger partial charge is 0.273 e. The Hall–Kier alpha value is -4.02. The number of nitrogens with one attached hydrogen (secondary N) is 2. The second kappa shape index (κ2) is 9.46. The highest BCUT2D eigenvalue weighted by molar-refractivity contribution is 6.00. The minimum Gasteiger partial charge on any atom is -0.494 e. The van der Waals surface area contributed by atoms with Crippen molar-refractivity contribution >= 4 is 29.0 Å². The molecule has 0 aliphatic heterocycles. The topological polar surface area (TPSA) is 127 Å². The summed E-state index contributed by atoms with van der Waals surface area (Å²) in [5, 5.41) is 17.5. The van der Waals surface area contributed by atoms with E-state index in [1.165, 1.54) is 18.1 Å². The van der Waals surface area contributed by atoms with Crippen LogP contribution in [0.5, 0.6) is 5.75 Å². The second-order valence-corrected chi connectivity index (χ2v) is 8.25. The fourth-order valence-electron chi connectivity index (χ4n) is 3.62. The van der Waals surface area contributed by atoms with Crippen LogP contribution in [0.2, 0.25) is 0 Å². The molecule has 1 fully saturated rings. The summed E-state index contributed by atoms with van der Waals surface area (Å²) in [5.74, 6) is -0.0338. The molecule has 2 heterocycles. The van der Waals surface area contributed by atoms with Gasteiger partial charge in [0.1, 0.15) is 6.33 Å². The number of rotatable bonds is 8. The van der Waals surface area contributed by atoms with Crippen molar-refractivity contribution in [3.8, 4) is 17.1 Å². The van der Waals surface area contributed by atoms with Crippen molar-refractivity contribution in [3.63, 3.8) is 0 Å². The maximum atomic E-state index is 13.0. The molecule has 1 aromatic carbocycles. The van der Waals surface area contributed by atoms with E-state index in [9.17, 15) is 9.59 Å². The third kappa shape index (κ3) is 4.54. The van der Waals surface area contributed by atoms with Crippen LogP contribution in [0.4, 0.5) is 17.2 Å². The molecule has 1 saturated carbocycles. The highest BCUT2D eigenvalue weighted by Gasteiger charge is 2.36. The first-order chi connectivity index (χ1) is 17.5. The van der Waals surface area contributed by atoms with Gasteiger partial charge < -0.3 is 15.4 Å². The average Bonchev–Trinajstić information content (AvgIpc) is 3.58. The molecule has 2 aromatic heterocycles. The number of amides is 2. The van der Waals surface area contributed by atoms with Gasteiger partial charge in [0.25, 0.3) is 5.91 Å². The quantitative estimate of drug-likeness (QED) is 0.517. The standard InChI is InChI=1S/C23H28N8O3/c1-13(2)31(23(33)14-9-10-14)18-11-17(19(28-27-18)22(32)24-3)26-16-8-6-7-15(20(16)34-5)21-25-12-30(4)29-21/h6-8,11-14H,9-10H2,1-5H3,(H,24,32)(H,26,27)/i3D3. The number of carbonyl (C=O) groups excluding carboxylic acids is 2. The number of hydrogen-bond acceptors (Lipinski definition) is 8. The van der Waals surface area contributed by atoms with E-state index in [2.05, 4.69) is 25.6 Å². The van der Waals surface area contributed by atoms with Crippen LogP contribution in [0, 0.1) is 5.92 Å². The largest absolute Gasteiger partial charge is 0.494 e. The molecule has 11 nitrogen and oxygen atoms in total. The van der Waals surface area contributed by atoms with Crippen LogP contribution in [0.15, 0.2) is 30.6 Å². The number of ether oxygens (including phenoxy) is 1. The fraction of sp³-hybridized carbons (Fsp3) is 0.391. The summed E-state index contributed by atoms with van der Waals surface area (Å²) in [4.78, 5) is 31.6. The van der Waals surface area contributed by atoms with E-state index in [-0.39, 0.29) is 35.1 Å². The highest BCUT2D eigenvalue weighted by Crippen LogP contribution is 2.38. The summed E-state index contributed by atoms with van der Waals surface area (Å²) in [6.45, 7) is 0.982. The number of nitrogens with zero attached hydrogens (tertiary/aromatic N) is 6. The van der Waals surface area contributed by atoms with E-state index >= 15 is 0 Å². The van der Waals surface area contributed by atoms with Gasteiger partial charge in [-0.25, -0.2) is 4.98 Å². The lowest BCUT2D eigenvalue weighted by atomic mass is 10.1. The molecule has 178 valence electrons. The molecule has 1 aliphatic carbocycles. The van der Waals surface area contributed by atoms with E-state index in [1.807, 2.05) is 19.2 Å². The van der Waals surface area contributed by atoms with Crippen molar-refractivity contribution in [1.29, 1.82) is 0 Å². The second-order valence-electron chi connectivity index (χ2n) is 8.25. The Morgan fingerprint density at radius 2 is 2.06 bits per heavy atom. The summed E-state index contributed by atoms with van der Waals surface area (Å²) < 4.78 is 29.4. The molecule has 4 rings (SSSR count). The Bertz CT molecular complexity index is 1320. The zero-order valence-corrected chi connectivity index (χ0v) is 19.4. The number of hydrogen-bond donors (Lipinski definition) is 2. The van der Waals surface area contributed by atoms with Gasteiger partial charge in [0.15, 0.2) is 23.1 Å². The van der Waals surface area contributed by atoms with Crippen molar-refractivity contribution in [2.24, 2.45) is 13.0 Å². The van der Waals surface area contributed by atoms with Crippen LogP contribution in [0.1, 0.15) is 41.3 Å². The van der Waals surface area contributed by atoms with E-state index in [0.29, 0.717) is 22.8 Å². The number of carbonyl (C=O) groups is 2. The van der Waals surface area contributed by atoms with Crippen LogP contribution in [-0.2, 0) is 11.8 Å². The lowest BCUT2D eigenvalue weighted by molar-refractivity contribution is -0.120. The molecule has 1 aliphatic rings. The molecule has 0 spiro atoms. The van der Waals surface area contributed by atoms with Gasteiger partial charge in [-0.1, -0.05) is 6.07 Å². The molecule has 34 heavy (non-hydrogen) atoms. The van der Waals surface area contributed by atoms with Gasteiger partial charge in [-0.2, -0.15) is 5.10 Å². The van der Waals surface area contributed by atoms with Crippen molar-refractivity contribution in [1.82, 2.24) is 30.3 Å². The molecule has 2 amide bonds. The van der Waals surface area contributed by atoms with Crippen molar-refractivity contribution in [2.75, 3.05) is 24.3 Å². The molecule has 0 bridgehead atoms. The van der Waals surface area contributed by atoms with Crippen LogP contribution in [-0.4, -0.2) is 56.9 Å². The summed E-state index contributed by atoms with van der Waals surface area (Å²) in [6.07, 6.45) is 3.18. The van der Waals surface area contributed by atoms with Crippen LogP contribution < -0.4 is 20.3 Å². The van der Waals surface area contributed by atoms with Gasteiger partial charge in [-0.05, 0) is 38.8 Å². The average molecular weight is 468 g/mol. The van der Waals surface area contributed by atoms with E-state index in [1.54, 1.807) is 36.3 Å². The predicted octanol–water partition coefficient (Wildman–Crippen LogP) is 2.54. The predicted molar refractivity (Wildman–Crippen MR) is 127 cm³/mol. The Kier molecular flexibility index (Phi) is 5.41. The number of benzene rings is 1.